The first-order chi connectivity index (χ1) is 8.15. The van der Waals surface area contributed by atoms with Crippen LogP contribution in [-0.4, -0.2) is 19.0 Å². The van der Waals surface area contributed by atoms with Crippen LogP contribution in [0.4, 0.5) is 15.4 Å². The Morgan fingerprint density at radius 2 is 2.41 bits per heavy atom. The van der Waals surface area contributed by atoms with Crippen LogP contribution in [0, 0.1) is 11.3 Å². The smallest absolute Gasteiger partial charge is 0.189 e. The largest absolute Gasteiger partial charge is 0.336 e. The van der Waals surface area contributed by atoms with Gasteiger partial charge in [-0.1, -0.05) is 0 Å². The molecule has 9 heteroatoms. The van der Waals surface area contributed by atoms with Crippen molar-refractivity contribution in [2.24, 2.45) is 7.05 Å². The van der Waals surface area contributed by atoms with Gasteiger partial charge in [-0.2, -0.15) is 14.4 Å². The second-order valence-corrected chi connectivity index (χ2v) is 4.33. The number of anilines is 2. The second kappa shape index (κ2) is 4.77. The molecule has 2 heterocycles. The minimum Gasteiger partial charge on any atom is -0.336 e. The number of hydrogen-bond acceptors (Lipinski definition) is 5. The van der Waals surface area contributed by atoms with E-state index in [1.165, 1.54) is 0 Å². The monoisotopic (exact) mass is 316 g/mol. The van der Waals surface area contributed by atoms with E-state index in [9.17, 15) is 3.89 Å². The number of aryl methyl sites for hydroxylation is 1. The summed E-state index contributed by atoms with van der Waals surface area (Å²) in [6, 6.07) is 1.95. The average molecular weight is 317 g/mol. The summed E-state index contributed by atoms with van der Waals surface area (Å²) in [6.45, 7) is 0. The van der Waals surface area contributed by atoms with Crippen LogP contribution in [0.1, 0.15) is 5.56 Å². The lowest BCUT2D eigenvalue weighted by Gasteiger charge is -2.03. The van der Waals surface area contributed by atoms with Gasteiger partial charge in [0.25, 0.3) is 0 Å². The molecule has 2 aromatic rings. The Balaban J connectivity index is 2.41. The van der Waals surface area contributed by atoms with Gasteiger partial charge in [0, 0.05) is 13.2 Å². The summed E-state index contributed by atoms with van der Waals surface area (Å²) in [7, 11) is 1.76. The van der Waals surface area contributed by atoms with E-state index in [2.05, 4.69) is 31.4 Å². The van der Waals surface area contributed by atoms with Crippen LogP contribution in [0.2, 0.25) is 0 Å². The van der Waals surface area contributed by atoms with Crippen molar-refractivity contribution in [3.8, 4) is 6.07 Å². The van der Waals surface area contributed by atoms with Gasteiger partial charge in [-0.3, -0.25) is 4.68 Å². The molecule has 0 radical (unpaired) electrons. The average Bonchev–Trinajstić information content (AvgIpc) is 2.83. The topological polar surface area (TPSA) is 71.5 Å². The predicted molar refractivity (Wildman–Crippen MR) is 65.2 cm³/mol. The highest BCUT2D eigenvalue weighted by molar-refractivity contribution is 9.10. The standard InChI is InChI=1S/C8H6BrFN6S/c1-15-4-5(3-12-15)13-8-6(2-11)7(9)14-16(8)17-10/h3-4,13H,1H3. The summed E-state index contributed by atoms with van der Waals surface area (Å²) in [4.78, 5) is 0. The van der Waals surface area contributed by atoms with Gasteiger partial charge >= 0.3 is 0 Å². The number of rotatable bonds is 3. The van der Waals surface area contributed by atoms with E-state index in [1.54, 1.807) is 24.1 Å². The first-order valence-corrected chi connectivity index (χ1v) is 5.85. The number of nitriles is 1. The Hall–Kier alpha value is -1.53. The summed E-state index contributed by atoms with van der Waals surface area (Å²) < 4.78 is 15.5. The lowest BCUT2D eigenvalue weighted by Crippen LogP contribution is -1.97. The van der Waals surface area contributed by atoms with Crippen LogP contribution < -0.4 is 5.32 Å². The third-order valence-electron chi connectivity index (χ3n) is 1.96. The summed E-state index contributed by atoms with van der Waals surface area (Å²) in [5.41, 5.74) is 0.880. The third kappa shape index (κ3) is 2.27. The van der Waals surface area contributed by atoms with Crippen molar-refractivity contribution in [3.05, 3.63) is 22.6 Å². The van der Waals surface area contributed by atoms with Crippen LogP contribution in [0.3, 0.4) is 0 Å². The molecule has 0 bridgehead atoms. The minimum absolute atomic E-state index is 0.0934. The van der Waals surface area contributed by atoms with Gasteiger partial charge < -0.3 is 5.32 Å². The van der Waals surface area contributed by atoms with Crippen LogP contribution in [-0.2, 0) is 7.05 Å². The first kappa shape index (κ1) is 11.9. The number of nitrogens with one attached hydrogen (secondary N) is 1. The van der Waals surface area contributed by atoms with Crippen molar-refractivity contribution < 1.29 is 3.89 Å². The van der Waals surface area contributed by atoms with E-state index < -0.39 is 0 Å². The molecule has 0 fully saturated rings. The first-order valence-electron chi connectivity index (χ1n) is 4.39. The molecular weight excluding hydrogens is 311 g/mol. The van der Waals surface area contributed by atoms with Crippen LogP contribution in [0.5, 0.6) is 0 Å². The molecule has 2 aromatic heterocycles. The number of nitrogens with zero attached hydrogens (tertiary/aromatic N) is 5. The van der Waals surface area contributed by atoms with Crippen molar-refractivity contribution in [2.45, 2.75) is 0 Å². The highest BCUT2D eigenvalue weighted by Gasteiger charge is 2.17. The summed E-state index contributed by atoms with van der Waals surface area (Å²) in [5, 5.41) is 19.6. The van der Waals surface area contributed by atoms with Crippen molar-refractivity contribution in [3.63, 3.8) is 0 Å². The highest BCUT2D eigenvalue weighted by Crippen LogP contribution is 2.29. The fraction of sp³-hybridized carbons (Fsp3) is 0.125. The summed E-state index contributed by atoms with van der Waals surface area (Å²) in [5.74, 6) is 0.264. The van der Waals surface area contributed by atoms with Crippen molar-refractivity contribution in [1.29, 1.82) is 5.26 Å². The fourth-order valence-electron chi connectivity index (χ4n) is 1.25. The number of aromatic nitrogens is 4. The lowest BCUT2D eigenvalue weighted by atomic mass is 10.3. The van der Waals surface area contributed by atoms with E-state index in [4.69, 9.17) is 5.26 Å². The van der Waals surface area contributed by atoms with Crippen molar-refractivity contribution >= 4 is 39.8 Å². The van der Waals surface area contributed by atoms with E-state index in [1.807, 2.05) is 6.07 Å². The SMILES string of the molecule is Cn1cc(Nc2c(C#N)c(Br)nn2SF)cn1. The zero-order chi connectivity index (χ0) is 12.4. The van der Waals surface area contributed by atoms with Gasteiger partial charge in [-0.15, -0.1) is 8.98 Å². The Morgan fingerprint density at radius 1 is 1.65 bits per heavy atom. The molecule has 0 aliphatic carbocycles. The number of hydrogen-bond donors (Lipinski definition) is 1. The van der Waals surface area contributed by atoms with E-state index >= 15 is 0 Å². The quantitative estimate of drug-likeness (QED) is 0.941. The molecule has 0 aromatic carbocycles. The Labute approximate surface area is 109 Å². The van der Waals surface area contributed by atoms with Gasteiger partial charge in [0.2, 0.25) is 0 Å². The molecule has 88 valence electrons. The molecule has 0 spiro atoms. The third-order valence-corrected chi connectivity index (χ3v) is 2.91. The molecule has 0 aliphatic heterocycles. The molecule has 0 unspecified atom stereocenters. The fourth-order valence-corrected chi connectivity index (χ4v) is 2.11. The molecular formula is C8H6BrFN6S. The summed E-state index contributed by atoms with van der Waals surface area (Å²) in [6.07, 6.45) is 3.27. The molecule has 0 aliphatic rings. The normalized spacial score (nSPS) is 10.2. The predicted octanol–water partition coefficient (Wildman–Crippen LogP) is 2.38. The second-order valence-electron chi connectivity index (χ2n) is 3.10. The maximum absolute atomic E-state index is 12.6. The van der Waals surface area contributed by atoms with Gasteiger partial charge in [0.05, 0.1) is 11.9 Å². The molecule has 0 saturated heterocycles. The molecule has 2 rings (SSSR count). The molecule has 0 amide bonds. The van der Waals surface area contributed by atoms with E-state index in [-0.39, 0.29) is 28.3 Å². The molecule has 6 nitrogen and oxygen atoms in total. The summed E-state index contributed by atoms with van der Waals surface area (Å²) >= 11 is 3.00. The van der Waals surface area contributed by atoms with Gasteiger partial charge in [-0.25, -0.2) is 0 Å². The maximum Gasteiger partial charge on any atom is 0.189 e. The highest BCUT2D eigenvalue weighted by atomic mass is 79.9. The zero-order valence-electron chi connectivity index (χ0n) is 8.55. The molecule has 17 heavy (non-hydrogen) atoms. The van der Waals surface area contributed by atoms with Gasteiger partial charge in [-0.05, 0) is 15.9 Å². The zero-order valence-corrected chi connectivity index (χ0v) is 11.0. The minimum atomic E-state index is -0.0934. The van der Waals surface area contributed by atoms with Crippen LogP contribution in [0.15, 0.2) is 17.0 Å². The van der Waals surface area contributed by atoms with Gasteiger partial charge in [0.1, 0.15) is 16.2 Å². The van der Waals surface area contributed by atoms with Crippen molar-refractivity contribution in [2.75, 3.05) is 5.32 Å². The molecule has 0 atom stereocenters. The molecule has 1 N–H and O–H groups in total. The van der Waals surface area contributed by atoms with Gasteiger partial charge in [0.15, 0.2) is 18.2 Å². The van der Waals surface area contributed by atoms with E-state index in [0.29, 0.717) is 5.69 Å². The Kier molecular flexibility index (Phi) is 3.35. The lowest BCUT2D eigenvalue weighted by molar-refractivity contribution is 0.768. The van der Waals surface area contributed by atoms with Crippen LogP contribution in [0.25, 0.3) is 0 Å². The van der Waals surface area contributed by atoms with E-state index in [0.717, 1.165) is 4.09 Å². The molecule has 0 saturated carbocycles. The Bertz CT molecular complexity index is 585. The van der Waals surface area contributed by atoms with Crippen LogP contribution >= 0.6 is 28.3 Å². The van der Waals surface area contributed by atoms with Crippen molar-refractivity contribution in [1.82, 2.24) is 19.0 Å². The Morgan fingerprint density at radius 3 is 2.94 bits per heavy atom. The maximum atomic E-state index is 12.6. The number of halogens is 2.